The van der Waals surface area contributed by atoms with Gasteiger partial charge in [-0.15, -0.1) is 6.58 Å². The summed E-state index contributed by atoms with van der Waals surface area (Å²) in [5.74, 6) is 1.44. The maximum Gasteiger partial charge on any atom is 0.161 e. The highest BCUT2D eigenvalue weighted by molar-refractivity contribution is 5.43. The van der Waals surface area contributed by atoms with E-state index in [4.69, 9.17) is 14.6 Å². The predicted molar refractivity (Wildman–Crippen MR) is 76.8 cm³/mol. The van der Waals surface area contributed by atoms with Gasteiger partial charge in [-0.3, -0.25) is 0 Å². The molecule has 0 aliphatic heterocycles. The summed E-state index contributed by atoms with van der Waals surface area (Å²) in [7, 11) is 3.25. The highest BCUT2D eigenvalue weighted by Gasteiger charge is 2.12. The molecule has 2 N–H and O–H groups in total. The van der Waals surface area contributed by atoms with Gasteiger partial charge in [0.05, 0.1) is 14.2 Å². The average Bonchev–Trinajstić information content (AvgIpc) is 2.45. The minimum absolute atomic E-state index is 0.170. The number of hydrogen-bond donors (Lipinski definition) is 2. The molecule has 0 saturated heterocycles. The van der Waals surface area contributed by atoms with Crippen LogP contribution < -0.4 is 14.8 Å². The first-order valence-corrected chi connectivity index (χ1v) is 6.43. The molecule has 0 radical (unpaired) electrons. The third-order valence-corrected chi connectivity index (χ3v) is 2.94. The average molecular weight is 265 g/mol. The highest BCUT2D eigenvalue weighted by atomic mass is 16.5. The van der Waals surface area contributed by atoms with Crippen LogP contribution >= 0.6 is 0 Å². The van der Waals surface area contributed by atoms with Gasteiger partial charge in [0.15, 0.2) is 11.5 Å². The summed E-state index contributed by atoms with van der Waals surface area (Å²) in [6, 6.07) is 6.06. The third kappa shape index (κ3) is 4.58. The lowest BCUT2D eigenvalue weighted by Gasteiger charge is -2.19. The van der Waals surface area contributed by atoms with Crippen molar-refractivity contribution in [2.75, 3.05) is 27.4 Å². The number of benzene rings is 1. The van der Waals surface area contributed by atoms with Crippen LogP contribution in [0.25, 0.3) is 0 Å². The van der Waals surface area contributed by atoms with Crippen LogP contribution in [0.2, 0.25) is 0 Å². The summed E-state index contributed by atoms with van der Waals surface area (Å²) in [4.78, 5) is 0. The summed E-state index contributed by atoms with van der Waals surface area (Å²) < 4.78 is 10.5. The zero-order valence-electron chi connectivity index (χ0n) is 11.7. The molecule has 0 heterocycles. The number of aliphatic hydroxyl groups excluding tert-OH is 1. The van der Waals surface area contributed by atoms with Crippen molar-refractivity contribution in [1.82, 2.24) is 5.32 Å². The SMILES string of the molecule is C=CCC(NCCCO)c1ccc(OC)c(OC)c1. The molecule has 1 atom stereocenters. The fourth-order valence-corrected chi connectivity index (χ4v) is 1.93. The molecule has 0 fully saturated rings. The monoisotopic (exact) mass is 265 g/mol. The van der Waals surface area contributed by atoms with E-state index >= 15 is 0 Å². The number of methoxy groups -OCH3 is 2. The first-order chi connectivity index (χ1) is 9.26. The Bertz CT molecular complexity index is 393. The van der Waals surface area contributed by atoms with E-state index in [-0.39, 0.29) is 12.6 Å². The van der Waals surface area contributed by atoms with Crippen LogP contribution in [-0.4, -0.2) is 32.5 Å². The second-order valence-corrected chi connectivity index (χ2v) is 4.22. The quantitative estimate of drug-likeness (QED) is 0.531. The smallest absolute Gasteiger partial charge is 0.161 e. The summed E-state index contributed by atoms with van der Waals surface area (Å²) in [6.07, 6.45) is 3.44. The molecule has 0 spiro atoms. The molecule has 0 bridgehead atoms. The molecule has 1 aromatic rings. The summed E-state index contributed by atoms with van der Waals surface area (Å²) in [5, 5.41) is 12.2. The lowest BCUT2D eigenvalue weighted by atomic mass is 10.0. The first-order valence-electron chi connectivity index (χ1n) is 6.43. The fraction of sp³-hybridized carbons (Fsp3) is 0.467. The molecule has 0 saturated carbocycles. The molecule has 106 valence electrons. The van der Waals surface area contributed by atoms with Gasteiger partial charge < -0.3 is 19.9 Å². The van der Waals surface area contributed by atoms with Gasteiger partial charge in [0.25, 0.3) is 0 Å². The Labute approximate surface area is 115 Å². The van der Waals surface area contributed by atoms with Crippen LogP contribution in [0.5, 0.6) is 11.5 Å². The Kier molecular flexibility index (Phi) is 7.00. The minimum Gasteiger partial charge on any atom is -0.493 e. The molecule has 4 nitrogen and oxygen atoms in total. The Hall–Kier alpha value is -1.52. The predicted octanol–water partition coefficient (Wildman–Crippen LogP) is 2.29. The number of ether oxygens (including phenoxy) is 2. The van der Waals surface area contributed by atoms with Gasteiger partial charge in [-0.25, -0.2) is 0 Å². The van der Waals surface area contributed by atoms with E-state index in [1.807, 2.05) is 24.3 Å². The second-order valence-electron chi connectivity index (χ2n) is 4.22. The third-order valence-electron chi connectivity index (χ3n) is 2.94. The summed E-state index contributed by atoms with van der Waals surface area (Å²) in [6.45, 7) is 4.75. The van der Waals surface area contributed by atoms with Gasteiger partial charge in [0.2, 0.25) is 0 Å². The summed E-state index contributed by atoms with van der Waals surface area (Å²) >= 11 is 0. The van der Waals surface area contributed by atoms with Crippen LogP contribution in [0.1, 0.15) is 24.4 Å². The van der Waals surface area contributed by atoms with Gasteiger partial charge >= 0.3 is 0 Å². The number of hydrogen-bond acceptors (Lipinski definition) is 4. The molecule has 19 heavy (non-hydrogen) atoms. The van der Waals surface area contributed by atoms with Crippen molar-refractivity contribution in [3.05, 3.63) is 36.4 Å². The van der Waals surface area contributed by atoms with Crippen molar-refractivity contribution < 1.29 is 14.6 Å². The number of rotatable bonds is 9. The van der Waals surface area contributed by atoms with Crippen LogP contribution in [0.4, 0.5) is 0 Å². The molecule has 0 aromatic heterocycles. The molecule has 0 aliphatic rings. The molecular weight excluding hydrogens is 242 g/mol. The molecule has 1 aromatic carbocycles. The van der Waals surface area contributed by atoms with E-state index < -0.39 is 0 Å². The van der Waals surface area contributed by atoms with E-state index in [2.05, 4.69) is 11.9 Å². The lowest BCUT2D eigenvalue weighted by Crippen LogP contribution is -2.22. The number of aliphatic hydroxyl groups is 1. The van der Waals surface area contributed by atoms with Crippen LogP contribution in [0, 0.1) is 0 Å². The summed E-state index contributed by atoms with van der Waals surface area (Å²) in [5.41, 5.74) is 1.12. The molecule has 4 heteroatoms. The van der Waals surface area contributed by atoms with Crippen molar-refractivity contribution in [3.8, 4) is 11.5 Å². The number of nitrogens with one attached hydrogen (secondary N) is 1. The second kappa shape index (κ2) is 8.56. The van der Waals surface area contributed by atoms with Crippen molar-refractivity contribution in [2.45, 2.75) is 18.9 Å². The largest absolute Gasteiger partial charge is 0.493 e. The Morgan fingerprint density at radius 2 is 2.05 bits per heavy atom. The van der Waals surface area contributed by atoms with E-state index in [9.17, 15) is 0 Å². The molecule has 1 rings (SSSR count). The van der Waals surface area contributed by atoms with E-state index in [1.165, 1.54) is 0 Å². The van der Waals surface area contributed by atoms with Gasteiger partial charge in [0, 0.05) is 12.6 Å². The molecule has 0 amide bonds. The topological polar surface area (TPSA) is 50.7 Å². The Morgan fingerprint density at radius 1 is 1.32 bits per heavy atom. The van der Waals surface area contributed by atoms with Gasteiger partial charge in [-0.2, -0.15) is 0 Å². The zero-order valence-corrected chi connectivity index (χ0v) is 11.7. The standard InChI is InChI=1S/C15H23NO3/c1-4-6-13(16-9-5-10-17)12-7-8-14(18-2)15(11-12)19-3/h4,7-8,11,13,16-17H,1,5-6,9-10H2,2-3H3. The van der Waals surface area contributed by atoms with Crippen LogP contribution in [0.15, 0.2) is 30.9 Å². The maximum absolute atomic E-state index is 8.83. The Morgan fingerprint density at radius 3 is 2.63 bits per heavy atom. The van der Waals surface area contributed by atoms with Gasteiger partial charge in [0.1, 0.15) is 0 Å². The highest BCUT2D eigenvalue weighted by Crippen LogP contribution is 2.30. The maximum atomic E-state index is 8.83. The van der Waals surface area contributed by atoms with Crippen molar-refractivity contribution in [1.29, 1.82) is 0 Å². The zero-order chi connectivity index (χ0) is 14.1. The first kappa shape index (κ1) is 15.5. The van der Waals surface area contributed by atoms with Gasteiger partial charge in [-0.05, 0) is 37.1 Å². The molecule has 0 aliphatic carbocycles. The van der Waals surface area contributed by atoms with Crippen LogP contribution in [0.3, 0.4) is 0 Å². The van der Waals surface area contributed by atoms with E-state index in [0.717, 1.165) is 36.4 Å². The normalized spacial score (nSPS) is 11.9. The van der Waals surface area contributed by atoms with Crippen LogP contribution in [-0.2, 0) is 0 Å². The van der Waals surface area contributed by atoms with E-state index in [1.54, 1.807) is 14.2 Å². The van der Waals surface area contributed by atoms with Gasteiger partial charge in [-0.1, -0.05) is 12.1 Å². The minimum atomic E-state index is 0.170. The lowest BCUT2D eigenvalue weighted by molar-refractivity contribution is 0.283. The molecular formula is C15H23NO3. The van der Waals surface area contributed by atoms with E-state index in [0.29, 0.717) is 0 Å². The van der Waals surface area contributed by atoms with Crippen molar-refractivity contribution >= 4 is 0 Å². The molecule has 1 unspecified atom stereocenters. The fourth-order valence-electron chi connectivity index (χ4n) is 1.93. The van der Waals surface area contributed by atoms with Crippen molar-refractivity contribution in [3.63, 3.8) is 0 Å². The van der Waals surface area contributed by atoms with Crippen molar-refractivity contribution in [2.24, 2.45) is 0 Å². The Balaban J connectivity index is 2.85.